The van der Waals surface area contributed by atoms with Crippen LogP contribution >= 0.6 is 0 Å². The number of carbonyl (C=O) groups excluding carboxylic acids is 2. The number of rotatable bonds is 7. The largest absolute Gasteiger partial charge is 0.416 e. The molecule has 5 nitrogen and oxygen atoms in total. The van der Waals surface area contributed by atoms with Crippen LogP contribution in [0.1, 0.15) is 41.6 Å². The molecule has 1 aliphatic heterocycles. The second-order valence-corrected chi connectivity index (χ2v) is 8.41. The molecule has 1 aliphatic carbocycles. The number of nitrogens with one attached hydrogen (secondary N) is 2. The molecule has 0 bridgehead atoms. The minimum absolute atomic E-state index is 0.0553. The zero-order valence-corrected chi connectivity index (χ0v) is 17.3. The molecule has 2 amide bonds. The fourth-order valence-electron chi connectivity index (χ4n) is 3.85. The number of amides is 2. The summed E-state index contributed by atoms with van der Waals surface area (Å²) in [5.74, 6) is -1.38. The summed E-state index contributed by atoms with van der Waals surface area (Å²) < 4.78 is 77.1. The molecular weight excluding hydrogens is 440 g/mol. The molecule has 11 heteroatoms. The van der Waals surface area contributed by atoms with E-state index in [4.69, 9.17) is 0 Å². The van der Waals surface area contributed by atoms with Crippen molar-refractivity contribution in [1.82, 2.24) is 15.5 Å². The molecule has 1 aromatic carbocycles. The zero-order valence-electron chi connectivity index (χ0n) is 17.3. The first-order valence-electron chi connectivity index (χ1n) is 10.5. The van der Waals surface area contributed by atoms with Gasteiger partial charge in [-0.05, 0) is 62.9 Å². The number of piperidine rings is 1. The molecule has 0 radical (unpaired) electrons. The molecule has 178 valence electrons. The van der Waals surface area contributed by atoms with E-state index >= 15 is 0 Å². The summed E-state index contributed by atoms with van der Waals surface area (Å²) in [6.45, 7) is 2.21. The molecule has 32 heavy (non-hydrogen) atoms. The highest BCUT2D eigenvalue weighted by atomic mass is 19.4. The normalized spacial score (nSPS) is 19.4. The van der Waals surface area contributed by atoms with Gasteiger partial charge in [0.15, 0.2) is 0 Å². The van der Waals surface area contributed by atoms with Crippen LogP contribution < -0.4 is 10.6 Å². The van der Waals surface area contributed by atoms with E-state index in [0.717, 1.165) is 25.0 Å². The lowest BCUT2D eigenvalue weighted by atomic mass is 9.96. The van der Waals surface area contributed by atoms with Gasteiger partial charge in [0.2, 0.25) is 5.91 Å². The van der Waals surface area contributed by atoms with Gasteiger partial charge in [0, 0.05) is 25.2 Å². The molecule has 0 unspecified atom stereocenters. The van der Waals surface area contributed by atoms with Gasteiger partial charge in [0.25, 0.3) is 5.91 Å². The van der Waals surface area contributed by atoms with E-state index in [9.17, 15) is 35.9 Å². The van der Waals surface area contributed by atoms with Crippen LogP contribution in [0.5, 0.6) is 0 Å². The van der Waals surface area contributed by atoms with E-state index in [1.165, 1.54) is 12.1 Å². The Morgan fingerprint density at radius 1 is 1.03 bits per heavy atom. The van der Waals surface area contributed by atoms with Gasteiger partial charge in [-0.15, -0.1) is 0 Å². The maximum atomic E-state index is 12.9. The van der Waals surface area contributed by atoms with Crippen LogP contribution in [0.3, 0.4) is 0 Å². The quantitative estimate of drug-likeness (QED) is 0.605. The second-order valence-electron chi connectivity index (χ2n) is 8.41. The third-order valence-corrected chi connectivity index (χ3v) is 6.15. The van der Waals surface area contributed by atoms with Gasteiger partial charge in [-0.1, -0.05) is 6.07 Å². The topological polar surface area (TPSA) is 61.4 Å². The highest BCUT2D eigenvalue weighted by Gasteiger charge is 2.68. The molecule has 2 fully saturated rings. The Hall–Kier alpha value is -2.30. The Kier molecular flexibility index (Phi) is 7.06. The van der Waals surface area contributed by atoms with Crippen molar-refractivity contribution >= 4 is 11.8 Å². The maximum Gasteiger partial charge on any atom is 0.416 e. The van der Waals surface area contributed by atoms with Gasteiger partial charge in [0.05, 0.1) is 5.56 Å². The van der Waals surface area contributed by atoms with E-state index in [0.29, 0.717) is 26.2 Å². The Bertz CT molecular complexity index is 828. The summed E-state index contributed by atoms with van der Waals surface area (Å²) in [5, 5.41) is 5.06. The summed E-state index contributed by atoms with van der Waals surface area (Å²) in [7, 11) is 0. The first kappa shape index (κ1) is 24.3. The molecule has 2 aliphatic rings. The summed E-state index contributed by atoms with van der Waals surface area (Å²) in [5.41, 5.74) is -3.15. The van der Waals surface area contributed by atoms with E-state index in [2.05, 4.69) is 10.6 Å². The van der Waals surface area contributed by atoms with Crippen LogP contribution in [-0.4, -0.2) is 55.6 Å². The molecule has 0 atom stereocenters. The molecular formula is C21H25F6N3O2. The summed E-state index contributed by atoms with van der Waals surface area (Å²) in [6, 6.07) is 4.24. The van der Waals surface area contributed by atoms with Gasteiger partial charge in [-0.2, -0.15) is 26.3 Å². The number of alkyl halides is 6. The van der Waals surface area contributed by atoms with Crippen molar-refractivity contribution in [2.45, 2.75) is 38.0 Å². The summed E-state index contributed by atoms with van der Waals surface area (Å²) in [6.07, 6.45) is -7.92. The molecule has 1 heterocycles. The minimum atomic E-state index is -4.52. The van der Waals surface area contributed by atoms with Gasteiger partial charge in [0.1, 0.15) is 5.41 Å². The number of hydrogen-bond acceptors (Lipinski definition) is 3. The number of hydrogen-bond donors (Lipinski definition) is 2. The highest BCUT2D eigenvalue weighted by Crippen LogP contribution is 2.57. The summed E-state index contributed by atoms with van der Waals surface area (Å²) >= 11 is 0. The van der Waals surface area contributed by atoms with E-state index in [1.54, 1.807) is 0 Å². The van der Waals surface area contributed by atoms with Gasteiger partial charge >= 0.3 is 12.4 Å². The average Bonchev–Trinajstić information content (AvgIpc) is 3.55. The number of carbonyl (C=O) groups is 2. The predicted molar refractivity (Wildman–Crippen MR) is 104 cm³/mol. The number of halogens is 6. The lowest BCUT2D eigenvalue weighted by Gasteiger charge is -2.32. The van der Waals surface area contributed by atoms with Crippen molar-refractivity contribution in [2.75, 3.05) is 32.7 Å². The van der Waals surface area contributed by atoms with Gasteiger partial charge in [-0.25, -0.2) is 0 Å². The average molecular weight is 465 g/mol. The van der Waals surface area contributed by atoms with Crippen LogP contribution in [0.25, 0.3) is 0 Å². The molecule has 1 aromatic rings. The lowest BCUT2D eigenvalue weighted by molar-refractivity contribution is -0.192. The highest BCUT2D eigenvalue weighted by molar-refractivity contribution is 5.94. The molecule has 0 spiro atoms. The number of likely N-dealkylation sites (tertiary alicyclic amines) is 1. The third kappa shape index (κ3) is 5.73. The van der Waals surface area contributed by atoms with E-state index in [1.807, 2.05) is 4.90 Å². The number of benzene rings is 1. The molecule has 3 rings (SSSR count). The van der Waals surface area contributed by atoms with Crippen LogP contribution in [0.4, 0.5) is 26.3 Å². The van der Waals surface area contributed by atoms with E-state index in [-0.39, 0.29) is 30.9 Å². The smallest absolute Gasteiger partial charge is 0.354 e. The van der Waals surface area contributed by atoms with Gasteiger partial charge < -0.3 is 15.5 Å². The monoisotopic (exact) mass is 465 g/mol. The van der Waals surface area contributed by atoms with Crippen molar-refractivity contribution in [3.63, 3.8) is 0 Å². The standard InChI is InChI=1S/C21H25F6N3O2/c22-20(23,24)16-3-1-2-15(12-16)17(31)29-13-14-4-9-30(10-5-14)11-8-28-18(32)19(6-7-19)21(25,26)27/h1-3,12,14H,4-11,13H2,(H,28,32)(H,29,31). The van der Waals surface area contributed by atoms with Crippen LogP contribution in [0, 0.1) is 11.3 Å². The SMILES string of the molecule is O=C(NCC1CCN(CCNC(=O)C2(C(F)(F)F)CC2)CC1)c1cccc(C(F)(F)F)c1. The Balaban J connectivity index is 1.36. The Labute approximate surface area is 181 Å². The minimum Gasteiger partial charge on any atom is -0.354 e. The Morgan fingerprint density at radius 3 is 2.25 bits per heavy atom. The van der Waals surface area contributed by atoms with Crippen molar-refractivity contribution in [1.29, 1.82) is 0 Å². The maximum absolute atomic E-state index is 12.9. The molecule has 1 saturated heterocycles. The third-order valence-electron chi connectivity index (χ3n) is 6.15. The fourth-order valence-corrected chi connectivity index (χ4v) is 3.85. The molecule has 1 saturated carbocycles. The number of nitrogens with zero attached hydrogens (tertiary/aromatic N) is 1. The first-order chi connectivity index (χ1) is 14.9. The Morgan fingerprint density at radius 2 is 1.69 bits per heavy atom. The predicted octanol–water partition coefficient (Wildman–Crippen LogP) is 3.61. The molecule has 0 aromatic heterocycles. The fraction of sp³-hybridized carbons (Fsp3) is 0.619. The van der Waals surface area contributed by atoms with Crippen molar-refractivity contribution in [3.8, 4) is 0 Å². The van der Waals surface area contributed by atoms with Crippen LogP contribution in [0.15, 0.2) is 24.3 Å². The first-order valence-corrected chi connectivity index (χ1v) is 10.5. The van der Waals surface area contributed by atoms with Crippen molar-refractivity contribution in [3.05, 3.63) is 35.4 Å². The van der Waals surface area contributed by atoms with Crippen LogP contribution in [-0.2, 0) is 11.0 Å². The van der Waals surface area contributed by atoms with Crippen molar-refractivity contribution < 1.29 is 35.9 Å². The lowest BCUT2D eigenvalue weighted by Crippen LogP contribution is -2.45. The van der Waals surface area contributed by atoms with Crippen LogP contribution in [0.2, 0.25) is 0 Å². The second kappa shape index (κ2) is 9.29. The molecule has 2 N–H and O–H groups in total. The zero-order chi connectivity index (χ0) is 23.6. The van der Waals surface area contributed by atoms with E-state index < -0.39 is 35.1 Å². The van der Waals surface area contributed by atoms with Crippen molar-refractivity contribution in [2.24, 2.45) is 11.3 Å². The van der Waals surface area contributed by atoms with Gasteiger partial charge in [-0.3, -0.25) is 9.59 Å². The summed E-state index contributed by atoms with van der Waals surface area (Å²) in [4.78, 5) is 26.1.